The smallest absolute Gasteiger partial charge is 0.292 e. The van der Waals surface area contributed by atoms with E-state index in [9.17, 15) is 22.0 Å². The molecule has 1 atom stereocenters. The van der Waals surface area contributed by atoms with Crippen LogP contribution in [0, 0.1) is 18.6 Å². The van der Waals surface area contributed by atoms with E-state index in [1.807, 2.05) is 0 Å². The zero-order valence-corrected chi connectivity index (χ0v) is 16.6. The molecule has 4 rings (SSSR count). The summed E-state index contributed by atoms with van der Waals surface area (Å²) in [6.45, 7) is 1.73. The maximum atomic E-state index is 13.9. The van der Waals surface area contributed by atoms with Crippen LogP contribution in [0.4, 0.5) is 25.2 Å². The third-order valence-corrected chi connectivity index (χ3v) is 6.47. The van der Waals surface area contributed by atoms with Gasteiger partial charge in [0.05, 0.1) is 28.9 Å². The van der Waals surface area contributed by atoms with Gasteiger partial charge in [0.1, 0.15) is 5.82 Å². The van der Waals surface area contributed by atoms with Crippen LogP contribution < -0.4 is 10.6 Å². The van der Waals surface area contributed by atoms with Gasteiger partial charge in [-0.1, -0.05) is 6.07 Å². The van der Waals surface area contributed by atoms with Crippen LogP contribution in [0.3, 0.4) is 0 Å². The molecule has 0 aliphatic carbocycles. The average Bonchev–Trinajstić information content (AvgIpc) is 3.36. The van der Waals surface area contributed by atoms with E-state index in [4.69, 9.17) is 0 Å². The highest BCUT2D eigenvalue weighted by molar-refractivity contribution is 7.91. The van der Waals surface area contributed by atoms with Gasteiger partial charge in [-0.25, -0.2) is 26.7 Å². The Hall–Kier alpha value is -3.28. The number of carbonyl (C=O) groups excluding carboxylic acids is 1. The van der Waals surface area contributed by atoms with Crippen molar-refractivity contribution in [1.29, 1.82) is 0 Å². The Morgan fingerprint density at radius 2 is 2.07 bits per heavy atom. The molecule has 0 bridgehead atoms. The van der Waals surface area contributed by atoms with Gasteiger partial charge in [-0.05, 0) is 25.5 Å². The van der Waals surface area contributed by atoms with Crippen LogP contribution in [-0.4, -0.2) is 45.9 Å². The lowest BCUT2D eigenvalue weighted by Crippen LogP contribution is -2.23. The molecule has 1 unspecified atom stereocenters. The maximum Gasteiger partial charge on any atom is 0.326 e. The zero-order chi connectivity index (χ0) is 21.5. The lowest BCUT2D eigenvalue weighted by Gasteiger charge is -2.13. The molecule has 2 amide bonds. The zero-order valence-electron chi connectivity index (χ0n) is 15.8. The van der Waals surface area contributed by atoms with Crippen molar-refractivity contribution >= 4 is 27.5 Å². The predicted octanol–water partition coefficient (Wildman–Crippen LogP) is 2.86. The van der Waals surface area contributed by atoms with E-state index in [0.29, 0.717) is 17.9 Å². The van der Waals surface area contributed by atoms with Crippen LogP contribution in [0.5, 0.6) is 0 Å². The number of urea groups is 1. The predicted molar refractivity (Wildman–Crippen MR) is 106 cm³/mol. The highest BCUT2D eigenvalue weighted by atomic mass is 32.2. The second-order valence-corrected chi connectivity index (χ2v) is 9.25. The molecule has 2 aromatic heterocycles. The van der Waals surface area contributed by atoms with Crippen LogP contribution in [0.15, 0.2) is 30.3 Å². The molecule has 3 aromatic rings. The monoisotopic (exact) mass is 436 g/mol. The number of halogens is 2. The molecule has 1 aliphatic heterocycles. The number of anilines is 2. The number of amides is 2. The molecule has 3 heterocycles. The number of aromatic nitrogens is 4. The fourth-order valence-electron chi connectivity index (χ4n) is 3.36. The van der Waals surface area contributed by atoms with Gasteiger partial charge in [-0.3, -0.25) is 15.7 Å². The Kier molecular flexibility index (Phi) is 5.02. The molecular weight excluding hydrogens is 418 g/mol. The number of hydrogen-bond acceptors (Lipinski definition) is 5. The number of H-pyrrole nitrogens is 1. The van der Waals surface area contributed by atoms with Crippen molar-refractivity contribution in [2.45, 2.75) is 19.4 Å². The molecule has 30 heavy (non-hydrogen) atoms. The van der Waals surface area contributed by atoms with Crippen molar-refractivity contribution in [2.24, 2.45) is 0 Å². The molecule has 158 valence electrons. The van der Waals surface area contributed by atoms with Crippen LogP contribution in [-0.2, 0) is 9.84 Å². The largest absolute Gasteiger partial charge is 0.326 e. The lowest BCUT2D eigenvalue weighted by atomic mass is 10.1. The number of aromatic amines is 1. The van der Waals surface area contributed by atoms with E-state index in [2.05, 4.69) is 25.9 Å². The Morgan fingerprint density at radius 1 is 1.27 bits per heavy atom. The Bertz CT molecular complexity index is 1220. The van der Waals surface area contributed by atoms with Gasteiger partial charge in [0.2, 0.25) is 0 Å². The summed E-state index contributed by atoms with van der Waals surface area (Å²) in [5.41, 5.74) is 0.796. The second-order valence-electron chi connectivity index (χ2n) is 7.02. The van der Waals surface area contributed by atoms with Gasteiger partial charge < -0.3 is 0 Å². The van der Waals surface area contributed by atoms with E-state index < -0.39 is 27.5 Å². The van der Waals surface area contributed by atoms with E-state index >= 15 is 0 Å². The normalized spacial score (nSPS) is 17.8. The Labute approximate surface area is 170 Å². The van der Waals surface area contributed by atoms with Gasteiger partial charge in [-0.15, -0.1) is 0 Å². The highest BCUT2D eigenvalue weighted by Crippen LogP contribution is 2.28. The molecule has 3 N–H and O–H groups in total. The number of hydrogen-bond donors (Lipinski definition) is 3. The summed E-state index contributed by atoms with van der Waals surface area (Å²) in [7, 11) is -3.12. The van der Waals surface area contributed by atoms with Crippen molar-refractivity contribution in [2.75, 3.05) is 22.1 Å². The topological polar surface area (TPSA) is 122 Å². The molecule has 1 fully saturated rings. The van der Waals surface area contributed by atoms with Crippen molar-refractivity contribution in [3.63, 3.8) is 0 Å². The van der Waals surface area contributed by atoms with Gasteiger partial charge >= 0.3 is 6.03 Å². The van der Waals surface area contributed by atoms with E-state index in [1.165, 1.54) is 22.9 Å². The highest BCUT2D eigenvalue weighted by Gasteiger charge is 2.31. The van der Waals surface area contributed by atoms with Crippen LogP contribution in [0.1, 0.15) is 18.2 Å². The SMILES string of the molecule is Cc1cc(NC(=O)Nc2cc(-c3cccc(F)c3F)[nH]n2)n(C2CCS(=O)(=O)C2)n1. The van der Waals surface area contributed by atoms with Crippen molar-refractivity contribution in [3.8, 4) is 11.3 Å². The first-order chi connectivity index (χ1) is 14.2. The molecular formula is C18H18F2N6O3S. The molecule has 1 saturated heterocycles. The minimum Gasteiger partial charge on any atom is -0.292 e. The Morgan fingerprint density at radius 3 is 2.80 bits per heavy atom. The lowest BCUT2D eigenvalue weighted by molar-refractivity contribution is 0.262. The van der Waals surface area contributed by atoms with Crippen LogP contribution in [0.25, 0.3) is 11.3 Å². The number of aryl methyl sites for hydroxylation is 1. The van der Waals surface area contributed by atoms with Gasteiger partial charge in [0.25, 0.3) is 0 Å². The minimum absolute atomic E-state index is 0.0212. The van der Waals surface area contributed by atoms with Crippen molar-refractivity contribution in [3.05, 3.63) is 47.7 Å². The standard InChI is InChI=1S/C18H18F2N6O3S/c1-10-7-16(26(25-10)11-5-6-30(28,29)9-11)22-18(27)21-15-8-14(23-24-15)12-3-2-4-13(19)17(12)20/h2-4,7-8,11H,5-6,9H2,1H3,(H3,21,22,23,24,27). The van der Waals surface area contributed by atoms with E-state index in [-0.39, 0.29) is 34.6 Å². The molecule has 0 saturated carbocycles. The summed E-state index contributed by atoms with van der Waals surface area (Å²) in [6.07, 6.45) is 0.418. The number of sulfone groups is 1. The average molecular weight is 436 g/mol. The number of carbonyl (C=O) groups is 1. The summed E-state index contributed by atoms with van der Waals surface area (Å²) in [5.74, 6) is -1.53. The first-order valence-electron chi connectivity index (χ1n) is 9.06. The van der Waals surface area contributed by atoms with Crippen LogP contribution in [0.2, 0.25) is 0 Å². The fraction of sp³-hybridized carbons (Fsp3) is 0.278. The van der Waals surface area contributed by atoms with Gasteiger partial charge in [-0.2, -0.15) is 10.2 Å². The van der Waals surface area contributed by atoms with E-state index in [0.717, 1.165) is 6.07 Å². The van der Waals surface area contributed by atoms with Crippen LogP contribution >= 0.6 is 0 Å². The molecule has 9 nitrogen and oxygen atoms in total. The van der Waals surface area contributed by atoms with Crippen molar-refractivity contribution in [1.82, 2.24) is 20.0 Å². The first-order valence-corrected chi connectivity index (χ1v) is 10.9. The third kappa shape index (κ3) is 4.03. The number of benzene rings is 1. The molecule has 0 spiro atoms. The summed E-state index contributed by atoms with van der Waals surface area (Å²) < 4.78 is 52.3. The quantitative estimate of drug-likeness (QED) is 0.581. The van der Waals surface area contributed by atoms with Gasteiger partial charge in [0.15, 0.2) is 27.3 Å². The summed E-state index contributed by atoms with van der Waals surface area (Å²) >= 11 is 0. The minimum atomic E-state index is -3.12. The number of nitrogens with one attached hydrogen (secondary N) is 3. The summed E-state index contributed by atoms with van der Waals surface area (Å²) in [6, 6.07) is 5.74. The summed E-state index contributed by atoms with van der Waals surface area (Å²) in [5, 5.41) is 15.8. The molecule has 0 radical (unpaired) electrons. The fourth-order valence-corrected chi connectivity index (χ4v) is 5.05. The molecule has 12 heteroatoms. The molecule has 1 aliphatic rings. The summed E-state index contributed by atoms with van der Waals surface area (Å²) in [4.78, 5) is 12.4. The maximum absolute atomic E-state index is 13.9. The number of rotatable bonds is 4. The first kappa shape index (κ1) is 20.0. The molecule has 1 aromatic carbocycles. The van der Waals surface area contributed by atoms with E-state index in [1.54, 1.807) is 13.0 Å². The number of nitrogens with zero attached hydrogens (tertiary/aromatic N) is 3. The Balaban J connectivity index is 1.48. The van der Waals surface area contributed by atoms with Gasteiger partial charge in [0, 0.05) is 17.7 Å². The third-order valence-electron chi connectivity index (χ3n) is 4.71. The van der Waals surface area contributed by atoms with Crippen molar-refractivity contribution < 1.29 is 22.0 Å². The second kappa shape index (κ2) is 7.52.